The molecule has 0 aromatic rings. The molecule has 100 valence electrons. The van der Waals surface area contributed by atoms with Crippen LogP contribution in [0.2, 0.25) is 0 Å². The summed E-state index contributed by atoms with van der Waals surface area (Å²) in [5, 5.41) is 11.0. The average molecular weight is 245 g/mol. The minimum absolute atomic E-state index is 0.0143. The van der Waals surface area contributed by atoms with Crippen molar-refractivity contribution in [3.8, 4) is 0 Å². The van der Waals surface area contributed by atoms with Crippen LogP contribution in [0.3, 0.4) is 0 Å². The van der Waals surface area contributed by atoms with Crippen molar-refractivity contribution in [2.45, 2.75) is 45.4 Å². The van der Waals surface area contributed by atoms with Gasteiger partial charge in [-0.1, -0.05) is 32.6 Å². The summed E-state index contributed by atoms with van der Waals surface area (Å²) in [6, 6.07) is 0. The largest absolute Gasteiger partial charge is 0.480 e. The first-order valence-electron chi connectivity index (χ1n) is 6.23. The second kappa shape index (κ2) is 11.4. The lowest BCUT2D eigenvalue weighted by Gasteiger charge is -2.05. The van der Waals surface area contributed by atoms with E-state index in [1.54, 1.807) is 0 Å². The lowest BCUT2D eigenvalue weighted by Crippen LogP contribution is -2.27. The lowest BCUT2D eigenvalue weighted by atomic mass is 10.1. The molecule has 17 heavy (non-hydrogen) atoms. The highest BCUT2D eigenvalue weighted by Crippen LogP contribution is 2.04. The van der Waals surface area contributed by atoms with E-state index in [-0.39, 0.29) is 19.1 Å². The Bertz CT molecular complexity index is 219. The quantitative estimate of drug-likeness (QED) is 0.542. The highest BCUT2D eigenvalue weighted by Gasteiger charge is 2.01. The van der Waals surface area contributed by atoms with Crippen molar-refractivity contribution < 1.29 is 19.4 Å². The molecule has 0 atom stereocenters. The molecule has 2 N–H and O–H groups in total. The van der Waals surface area contributed by atoms with Crippen molar-refractivity contribution >= 4 is 11.9 Å². The number of amides is 1. The second-order valence-electron chi connectivity index (χ2n) is 3.96. The van der Waals surface area contributed by atoms with Gasteiger partial charge in [-0.05, 0) is 6.42 Å². The van der Waals surface area contributed by atoms with Crippen LogP contribution in [0.4, 0.5) is 0 Å². The van der Waals surface area contributed by atoms with Gasteiger partial charge in [0, 0.05) is 13.0 Å². The molecular formula is C12H23NO4. The van der Waals surface area contributed by atoms with Gasteiger partial charge in [0.25, 0.3) is 0 Å². The van der Waals surface area contributed by atoms with Crippen molar-refractivity contribution in [3.63, 3.8) is 0 Å². The monoisotopic (exact) mass is 245 g/mol. The van der Waals surface area contributed by atoms with Crippen molar-refractivity contribution in [3.05, 3.63) is 0 Å². The zero-order valence-corrected chi connectivity index (χ0v) is 10.5. The summed E-state index contributed by atoms with van der Waals surface area (Å²) in [5.41, 5.74) is 0. The Balaban J connectivity index is 3.20. The summed E-state index contributed by atoms with van der Waals surface area (Å²) < 4.78 is 4.79. The minimum Gasteiger partial charge on any atom is -0.480 e. The zero-order chi connectivity index (χ0) is 12.9. The number of hydrogen-bond donors (Lipinski definition) is 2. The number of carboxylic acid groups (broad SMARTS) is 1. The summed E-state index contributed by atoms with van der Waals surface area (Å²) in [6.45, 7) is 2.46. The number of carbonyl (C=O) groups is 2. The van der Waals surface area contributed by atoms with Crippen molar-refractivity contribution in [2.24, 2.45) is 0 Å². The third-order valence-corrected chi connectivity index (χ3v) is 2.30. The van der Waals surface area contributed by atoms with Crippen molar-refractivity contribution in [1.82, 2.24) is 5.32 Å². The molecule has 0 aromatic heterocycles. The predicted molar refractivity (Wildman–Crippen MR) is 64.8 cm³/mol. The third kappa shape index (κ3) is 12.8. The van der Waals surface area contributed by atoms with Gasteiger partial charge in [0.15, 0.2) is 0 Å². The fraction of sp³-hybridized carbons (Fsp3) is 0.833. The smallest absolute Gasteiger partial charge is 0.329 e. The lowest BCUT2D eigenvalue weighted by molar-refractivity contribution is -0.142. The molecule has 0 rings (SSSR count). The summed E-state index contributed by atoms with van der Waals surface area (Å²) in [5.74, 6) is -0.979. The molecule has 0 bridgehead atoms. The van der Waals surface area contributed by atoms with E-state index >= 15 is 0 Å². The molecule has 0 unspecified atom stereocenters. The molecule has 0 radical (unpaired) electrons. The van der Waals surface area contributed by atoms with Gasteiger partial charge in [0.2, 0.25) is 5.91 Å². The van der Waals surface area contributed by atoms with Crippen molar-refractivity contribution in [2.75, 3.05) is 19.8 Å². The summed E-state index contributed by atoms with van der Waals surface area (Å²) in [7, 11) is 0. The highest BCUT2D eigenvalue weighted by atomic mass is 16.5. The minimum atomic E-state index is -0.993. The predicted octanol–water partition coefficient (Wildman–Crippen LogP) is 1.56. The topological polar surface area (TPSA) is 75.6 Å². The first-order chi connectivity index (χ1) is 8.16. The van der Waals surface area contributed by atoms with Gasteiger partial charge >= 0.3 is 5.97 Å². The van der Waals surface area contributed by atoms with Crippen LogP contribution in [0.1, 0.15) is 45.4 Å². The maximum absolute atomic E-state index is 11.3. The van der Waals surface area contributed by atoms with Crippen molar-refractivity contribution in [1.29, 1.82) is 0 Å². The molecule has 0 aromatic carbocycles. The second-order valence-corrected chi connectivity index (χ2v) is 3.96. The molecule has 5 nitrogen and oxygen atoms in total. The molecule has 0 saturated heterocycles. The normalized spacial score (nSPS) is 10.2. The van der Waals surface area contributed by atoms with E-state index in [0.29, 0.717) is 13.0 Å². The Morgan fingerprint density at radius 2 is 1.88 bits per heavy atom. The molecule has 0 fully saturated rings. The number of unbranched alkanes of at least 4 members (excludes halogenated alkanes) is 4. The molecule has 0 aliphatic carbocycles. The summed E-state index contributed by atoms with van der Waals surface area (Å²) in [6.07, 6.45) is 6.17. The van der Waals surface area contributed by atoms with Gasteiger partial charge in [-0.15, -0.1) is 0 Å². The van der Waals surface area contributed by atoms with E-state index in [2.05, 4.69) is 12.2 Å². The molecule has 5 heteroatoms. The van der Waals surface area contributed by atoms with Crippen LogP contribution < -0.4 is 5.32 Å². The van der Waals surface area contributed by atoms with Gasteiger partial charge in [0.1, 0.15) is 6.61 Å². The number of carboxylic acids is 1. The molecule has 0 saturated carbocycles. The van der Waals surface area contributed by atoms with E-state index in [1.165, 1.54) is 19.3 Å². The van der Waals surface area contributed by atoms with E-state index in [4.69, 9.17) is 9.84 Å². The SMILES string of the molecule is CCCCCCCC(=O)NCCOCC(=O)O. The number of aliphatic carboxylic acids is 1. The molecule has 0 aliphatic rings. The molecular weight excluding hydrogens is 222 g/mol. The number of rotatable bonds is 11. The Morgan fingerprint density at radius 1 is 1.18 bits per heavy atom. The highest BCUT2D eigenvalue weighted by molar-refractivity contribution is 5.75. The van der Waals surface area contributed by atoms with Crippen LogP contribution in [0.25, 0.3) is 0 Å². The van der Waals surface area contributed by atoms with Gasteiger partial charge in [-0.2, -0.15) is 0 Å². The van der Waals surface area contributed by atoms with Crippen LogP contribution in [0.15, 0.2) is 0 Å². The molecule has 0 aliphatic heterocycles. The number of nitrogens with one attached hydrogen (secondary N) is 1. The average Bonchev–Trinajstić information content (AvgIpc) is 2.28. The van der Waals surface area contributed by atoms with E-state index in [1.807, 2.05) is 0 Å². The number of carbonyl (C=O) groups excluding carboxylic acids is 1. The Morgan fingerprint density at radius 3 is 2.53 bits per heavy atom. The third-order valence-electron chi connectivity index (χ3n) is 2.30. The zero-order valence-electron chi connectivity index (χ0n) is 10.5. The fourth-order valence-corrected chi connectivity index (χ4v) is 1.40. The standard InChI is InChI=1S/C12H23NO4/c1-2-3-4-5-6-7-11(14)13-8-9-17-10-12(15)16/h2-10H2,1H3,(H,13,14)(H,15,16). The van der Waals surface area contributed by atoms with Gasteiger partial charge < -0.3 is 15.2 Å². The van der Waals surface area contributed by atoms with Crippen LogP contribution in [-0.2, 0) is 14.3 Å². The van der Waals surface area contributed by atoms with Crippen LogP contribution in [-0.4, -0.2) is 36.7 Å². The van der Waals surface area contributed by atoms with Crippen LogP contribution in [0, 0.1) is 0 Å². The van der Waals surface area contributed by atoms with E-state index in [9.17, 15) is 9.59 Å². The Kier molecular flexibility index (Phi) is 10.7. The Labute approximate surface area is 103 Å². The van der Waals surface area contributed by atoms with Crippen LogP contribution in [0.5, 0.6) is 0 Å². The Hall–Kier alpha value is -1.10. The maximum atomic E-state index is 11.3. The number of hydrogen-bond acceptors (Lipinski definition) is 3. The maximum Gasteiger partial charge on any atom is 0.329 e. The molecule has 1 amide bonds. The fourth-order valence-electron chi connectivity index (χ4n) is 1.40. The first kappa shape index (κ1) is 15.9. The van der Waals surface area contributed by atoms with Gasteiger partial charge in [-0.3, -0.25) is 4.79 Å². The number of ether oxygens (including phenoxy) is 1. The molecule has 0 heterocycles. The summed E-state index contributed by atoms with van der Waals surface area (Å²) in [4.78, 5) is 21.4. The molecule has 0 spiro atoms. The summed E-state index contributed by atoms with van der Waals surface area (Å²) >= 11 is 0. The van der Waals surface area contributed by atoms with E-state index < -0.39 is 5.97 Å². The van der Waals surface area contributed by atoms with E-state index in [0.717, 1.165) is 12.8 Å². The van der Waals surface area contributed by atoms with Crippen LogP contribution >= 0.6 is 0 Å². The van der Waals surface area contributed by atoms with Gasteiger partial charge in [0.05, 0.1) is 6.61 Å². The first-order valence-corrected chi connectivity index (χ1v) is 6.23. The van der Waals surface area contributed by atoms with Gasteiger partial charge in [-0.25, -0.2) is 4.79 Å².